The predicted octanol–water partition coefficient (Wildman–Crippen LogP) is -0.0988. The summed E-state index contributed by atoms with van der Waals surface area (Å²) >= 11 is 0. The zero-order valence-electron chi connectivity index (χ0n) is 63.1. The number of rotatable bonds is 0. The zero-order chi connectivity index (χ0) is 68.7. The molecule has 0 spiro atoms. The summed E-state index contributed by atoms with van der Waals surface area (Å²) in [6.07, 6.45) is 0.323. The van der Waals surface area contributed by atoms with Crippen LogP contribution in [-0.4, -0.2) is 283 Å². The van der Waals surface area contributed by atoms with Gasteiger partial charge in [0.1, 0.15) is 0 Å². The number of benzene rings is 4. The number of ether oxygens (including phenoxy) is 8. The van der Waals surface area contributed by atoms with Crippen LogP contribution in [0.15, 0.2) is 48.5 Å². The Morgan fingerprint density at radius 3 is 0.550 bits per heavy atom. The van der Waals surface area contributed by atoms with Crippen LogP contribution in [0.3, 0.4) is 0 Å². The Hall–Kier alpha value is -2.26. The second-order valence-corrected chi connectivity index (χ2v) is 25.2. The molecule has 18 N–H and O–H groups in total. The molecule has 0 amide bonds. The van der Waals surface area contributed by atoms with Gasteiger partial charge < -0.3 is 133 Å². The Kier molecular flexibility index (Phi) is 80.5. The van der Waals surface area contributed by atoms with Gasteiger partial charge in [-0.3, -0.25) is 9.80 Å². The van der Waals surface area contributed by atoms with E-state index in [0.717, 1.165) is 104 Å². The fourth-order valence-corrected chi connectivity index (χ4v) is 9.45. The summed E-state index contributed by atoms with van der Waals surface area (Å²) in [5.74, 6) is -0.654. The topological polar surface area (TPSA) is 540 Å². The summed E-state index contributed by atoms with van der Waals surface area (Å²) in [7, 11) is 6.00. The van der Waals surface area contributed by atoms with Crippen LogP contribution in [0.5, 0.6) is 23.0 Å². The van der Waals surface area contributed by atoms with E-state index in [1.807, 2.05) is 48.5 Å². The first-order valence-corrected chi connectivity index (χ1v) is 31.0. The minimum Gasteiger partial charge on any atom is -2.00 e. The van der Waals surface area contributed by atoms with Gasteiger partial charge in [0.15, 0.2) is 0 Å². The van der Waals surface area contributed by atoms with Crippen molar-refractivity contribution < 1.29 is 164 Å². The van der Waals surface area contributed by atoms with Crippen molar-refractivity contribution in [1.29, 1.82) is 0 Å². The molecule has 0 radical (unpaired) electrons. The van der Waals surface area contributed by atoms with E-state index in [-0.39, 0.29) is 208 Å². The van der Waals surface area contributed by atoms with Gasteiger partial charge in [0, 0.05) is 113 Å². The third kappa shape index (κ3) is 44.6. The summed E-state index contributed by atoms with van der Waals surface area (Å²) < 4.78 is 46.6. The molecule has 28 nitrogen and oxygen atoms in total. The summed E-state index contributed by atoms with van der Waals surface area (Å²) in [6, 6.07) is 15.3. The third-order valence-electron chi connectivity index (χ3n) is 14.7. The van der Waals surface area contributed by atoms with Crippen LogP contribution in [0.25, 0.3) is 0 Å². The third-order valence-corrected chi connectivity index (χ3v) is 14.7. The van der Waals surface area contributed by atoms with Gasteiger partial charge in [0.2, 0.25) is 0 Å². The molecule has 30 heteroatoms. The maximum Gasteiger partial charge on any atom is 2.00 e. The molecule has 4 heterocycles. The first-order chi connectivity index (χ1) is 42.9. The quantitative estimate of drug-likeness (QED) is 0.125. The Morgan fingerprint density at radius 1 is 0.270 bits per heavy atom. The van der Waals surface area contributed by atoms with E-state index >= 15 is 0 Å². The smallest absolute Gasteiger partial charge is 2.00 e. The molecular formula is C70H128BaN2O26U-6. The van der Waals surface area contributed by atoms with Crippen LogP contribution in [0.4, 0.5) is 0 Å². The molecule has 0 saturated carbocycles. The van der Waals surface area contributed by atoms with E-state index in [9.17, 15) is 20.4 Å². The van der Waals surface area contributed by atoms with E-state index < -0.39 is 0 Å². The second kappa shape index (κ2) is 66.2. The molecule has 8 rings (SSSR count). The van der Waals surface area contributed by atoms with E-state index in [0.29, 0.717) is 124 Å². The predicted molar refractivity (Wildman–Crippen MR) is 376 cm³/mol. The molecule has 3 fully saturated rings. The molecule has 10 bridgehead atoms. The standard InChI is InChI=1S/C46H60O6.C18H36N2O6.6CH4O.Ba.6H2O.2O.U/c1-43(2,3)35-15-27-13-28-16-36(44(4,5)6)21-33(40(28)48)25-52-26-34-22-38(46(10,11)12)18-30(42(34)50)14-29-17-37(45(7,8)9)20-32(41(29)49)24-51-23-31(19-35)39(27)47;1-7-21-13-14-24-10-4-20-5-11-25-17-15-22-8-2-19(1)3-9-23-16-18-26-12-6-20;6*1-2;;;;;;;;;;/h15-22,47-50H,13-14,23-26H2,1-12H3;1-18H2;6*2H,1H3;;6*1H2;;;/q;;;;;;;;+2;;;;;;;2*-2;/p-4. The number of aliphatic hydroxyl groups excluding tert-OH is 6. The Morgan fingerprint density at radius 2 is 0.410 bits per heavy atom. The van der Waals surface area contributed by atoms with Crippen molar-refractivity contribution in [3.8, 4) is 23.0 Å². The van der Waals surface area contributed by atoms with E-state index in [1.54, 1.807) is 0 Å². The first kappa shape index (κ1) is 122. The number of hydrogen-bond donors (Lipinski definition) is 6. The largest absolute Gasteiger partial charge is 2.00 e. The second-order valence-electron chi connectivity index (χ2n) is 25.2. The van der Waals surface area contributed by atoms with Crippen molar-refractivity contribution >= 4 is 48.9 Å². The van der Waals surface area contributed by atoms with Crippen molar-refractivity contribution in [3.63, 3.8) is 0 Å². The molecule has 0 atom stereocenters. The number of aliphatic hydroxyl groups is 6. The fraction of sp³-hybridized carbons (Fsp3) is 0.657. The number of nitrogens with zero attached hydrogens (tertiary/aromatic N) is 2. The zero-order valence-corrected chi connectivity index (χ0v) is 71.7. The van der Waals surface area contributed by atoms with Gasteiger partial charge in [0.25, 0.3) is 0 Å². The van der Waals surface area contributed by atoms with Crippen molar-refractivity contribution in [2.24, 2.45) is 0 Å². The van der Waals surface area contributed by atoms with Crippen molar-refractivity contribution in [2.75, 3.05) is 161 Å². The molecule has 4 aromatic carbocycles. The van der Waals surface area contributed by atoms with Gasteiger partial charge in [0.05, 0.1) is 106 Å². The minimum atomic E-state index is -0.265. The molecule has 4 aliphatic heterocycles. The van der Waals surface area contributed by atoms with Gasteiger partial charge in [-0.05, 0) is 79.0 Å². The molecule has 4 aromatic rings. The number of hydrogen-bond acceptors (Lipinski definition) is 20. The SMILES string of the molecule is C1COCCN2CCOCCOCCN(CCO1)CCOCCOCC2.CC(C)(C)c1cc2c([O-])c(c1)Cc1cc(C(C)(C)C)cc(c1[O-])COCc1cc(C(C)(C)C)cc(c1[O-])Cc1cc(C(C)(C)C)cc(c1[O-])COC2.CO.CO.CO.CO.CO.CO.O.O.O.O.O.O.[Ba+2].[O-2].[O-2].[U]. The van der Waals surface area contributed by atoms with Crippen LogP contribution < -0.4 is 20.4 Å². The van der Waals surface area contributed by atoms with E-state index in [1.165, 1.54) is 0 Å². The van der Waals surface area contributed by atoms with Crippen molar-refractivity contribution in [3.05, 3.63) is 115 Å². The van der Waals surface area contributed by atoms with Crippen molar-refractivity contribution in [2.45, 2.75) is 144 Å². The summed E-state index contributed by atoms with van der Waals surface area (Å²) in [4.78, 5) is 4.62. The Labute approximate surface area is 660 Å². The maximum atomic E-state index is 14.1. The van der Waals surface area contributed by atoms with Crippen LogP contribution in [-0.2, 0) is 110 Å². The van der Waals surface area contributed by atoms with E-state index in [2.05, 4.69) is 92.9 Å². The van der Waals surface area contributed by atoms with Gasteiger partial charge in [-0.1, -0.05) is 177 Å². The fourth-order valence-electron chi connectivity index (χ4n) is 9.45. The van der Waals surface area contributed by atoms with Gasteiger partial charge in [-0.25, -0.2) is 0 Å². The molecule has 0 aliphatic carbocycles. The molecule has 0 unspecified atom stereocenters. The molecule has 0 aromatic heterocycles. The van der Waals surface area contributed by atoms with Crippen LogP contribution in [0.1, 0.15) is 150 Å². The van der Waals surface area contributed by atoms with Crippen LogP contribution in [0, 0.1) is 31.1 Å². The Bertz CT molecular complexity index is 2210. The average molecular weight is 1790 g/mol. The summed E-state index contributed by atoms with van der Waals surface area (Å²) in [5, 5.41) is 98.3. The van der Waals surface area contributed by atoms with Crippen LogP contribution >= 0.6 is 0 Å². The maximum absolute atomic E-state index is 14.1. The average Bonchev–Trinajstić information content (AvgIpc) is 0.799. The van der Waals surface area contributed by atoms with Crippen molar-refractivity contribution in [1.82, 2.24) is 9.80 Å². The Balaban J connectivity index is -0.000000158. The van der Waals surface area contributed by atoms with E-state index in [4.69, 9.17) is 68.5 Å². The molecule has 100 heavy (non-hydrogen) atoms. The summed E-state index contributed by atoms with van der Waals surface area (Å²) in [6.45, 7) is 38.3. The minimum absolute atomic E-state index is 0. The van der Waals surface area contributed by atoms with Gasteiger partial charge in [-0.15, -0.1) is 0 Å². The molecular weight excluding hydrogens is 1660 g/mol. The first-order valence-electron chi connectivity index (χ1n) is 31.0. The number of fused-ring (bicyclic) bond motifs is 29. The molecule has 3 saturated heterocycles. The van der Waals surface area contributed by atoms with Gasteiger partial charge in [-0.2, -0.15) is 0 Å². The normalized spacial score (nSPS) is 16.1. The molecule has 4 aliphatic rings. The molecule has 586 valence electrons. The summed E-state index contributed by atoms with van der Waals surface area (Å²) in [5.41, 5.74) is 6.88. The monoisotopic (exact) mass is 1790 g/mol. The van der Waals surface area contributed by atoms with Gasteiger partial charge >= 0.3 is 48.9 Å². The van der Waals surface area contributed by atoms with Crippen LogP contribution in [0.2, 0.25) is 0 Å².